The number of ketones is 1. The van der Waals surface area contributed by atoms with Gasteiger partial charge in [-0.2, -0.15) is 0 Å². The Balaban J connectivity index is 1.84. The van der Waals surface area contributed by atoms with Crippen LogP contribution in [-0.2, 0) is 9.53 Å². The lowest BCUT2D eigenvalue weighted by atomic mass is 9.81. The highest BCUT2D eigenvalue weighted by Gasteiger charge is 2.34. The van der Waals surface area contributed by atoms with E-state index in [4.69, 9.17) is 10.5 Å². The highest BCUT2D eigenvalue weighted by atomic mass is 79.9. The maximum absolute atomic E-state index is 12.9. The zero-order valence-electron chi connectivity index (χ0n) is 20.6. The van der Waals surface area contributed by atoms with Crippen molar-refractivity contribution < 1.29 is 24.2 Å². The number of nitrogen functional groups attached to an aromatic ring is 1. The molecule has 0 aromatic heterocycles. The second-order valence-corrected chi connectivity index (χ2v) is 9.89. The Hall–Kier alpha value is -4.11. The molecule has 0 saturated heterocycles. The summed E-state index contributed by atoms with van der Waals surface area (Å²) < 4.78 is 6.46. The van der Waals surface area contributed by atoms with Gasteiger partial charge in [0.1, 0.15) is 11.9 Å². The van der Waals surface area contributed by atoms with Crippen LogP contribution in [0.25, 0.3) is 0 Å². The zero-order valence-corrected chi connectivity index (χ0v) is 22.2. The number of phenols is 1. The van der Waals surface area contributed by atoms with E-state index in [9.17, 15) is 19.5 Å². The van der Waals surface area contributed by atoms with Gasteiger partial charge < -0.3 is 20.9 Å². The number of carbonyl (C=O) groups excluding carboxylic acids is 3. The Labute approximate surface area is 223 Å². The second-order valence-electron chi connectivity index (χ2n) is 8.98. The lowest BCUT2D eigenvalue weighted by molar-refractivity contribution is -0.112. The number of aromatic hydroxyl groups is 1. The van der Waals surface area contributed by atoms with Crippen molar-refractivity contribution >= 4 is 50.8 Å². The Morgan fingerprint density at radius 2 is 1.70 bits per heavy atom. The van der Waals surface area contributed by atoms with Gasteiger partial charge in [-0.25, -0.2) is 4.79 Å². The smallest absolute Gasteiger partial charge is 0.412 e. The molecule has 3 aromatic carbocycles. The first-order chi connectivity index (χ1) is 17.5. The van der Waals surface area contributed by atoms with Gasteiger partial charge in [-0.15, -0.1) is 0 Å². The molecule has 0 radical (unpaired) electrons. The molecule has 0 bridgehead atoms. The van der Waals surface area contributed by atoms with Gasteiger partial charge in [0.15, 0.2) is 5.78 Å². The lowest BCUT2D eigenvalue weighted by Crippen LogP contribution is -2.28. The molecule has 0 aliphatic carbocycles. The van der Waals surface area contributed by atoms with Crippen LogP contribution in [0.2, 0.25) is 0 Å². The summed E-state index contributed by atoms with van der Waals surface area (Å²) in [7, 11) is 0. The molecular weight excluding hydrogens is 538 g/mol. The Kier molecular flexibility index (Phi) is 8.73. The SMILES string of the molecule is CC(=O)c1ccc(NC(=O)O[C@@H](c2cc(Br)ccc2O)C(C)(C)/C=C/C(=O)Nc2ccccc2N)cc1. The average molecular weight is 566 g/mol. The van der Waals surface area contributed by atoms with Crippen LogP contribution in [0.15, 0.2) is 83.4 Å². The number of halogens is 1. The molecule has 2 amide bonds. The quantitative estimate of drug-likeness (QED) is 0.141. The summed E-state index contributed by atoms with van der Waals surface area (Å²) in [5.41, 5.74) is 7.15. The lowest BCUT2D eigenvalue weighted by Gasteiger charge is -2.32. The highest BCUT2D eigenvalue weighted by molar-refractivity contribution is 9.10. The van der Waals surface area contributed by atoms with Crippen LogP contribution in [-0.4, -0.2) is 22.9 Å². The van der Waals surface area contributed by atoms with E-state index in [-0.39, 0.29) is 11.5 Å². The number of nitrogens with one attached hydrogen (secondary N) is 2. The number of ether oxygens (including phenoxy) is 1. The summed E-state index contributed by atoms with van der Waals surface area (Å²) in [4.78, 5) is 36.9. The molecule has 0 spiro atoms. The van der Waals surface area contributed by atoms with Crippen molar-refractivity contribution in [3.8, 4) is 5.75 Å². The van der Waals surface area contributed by atoms with Gasteiger partial charge >= 0.3 is 6.09 Å². The minimum atomic E-state index is -0.979. The molecule has 0 saturated carbocycles. The van der Waals surface area contributed by atoms with E-state index in [1.165, 1.54) is 19.1 Å². The number of rotatable bonds is 8. The van der Waals surface area contributed by atoms with Crippen molar-refractivity contribution in [1.82, 2.24) is 0 Å². The molecule has 0 heterocycles. The van der Waals surface area contributed by atoms with Crippen molar-refractivity contribution in [2.24, 2.45) is 5.41 Å². The zero-order chi connectivity index (χ0) is 27.2. The number of phenolic OH excluding ortho intramolecular Hbond substituents is 1. The van der Waals surface area contributed by atoms with Gasteiger partial charge in [-0.05, 0) is 67.6 Å². The molecule has 3 aromatic rings. The van der Waals surface area contributed by atoms with Crippen LogP contribution < -0.4 is 16.4 Å². The predicted octanol–water partition coefficient (Wildman–Crippen LogP) is 6.45. The van der Waals surface area contributed by atoms with Crippen LogP contribution in [0.1, 0.15) is 42.8 Å². The van der Waals surface area contributed by atoms with E-state index in [1.54, 1.807) is 80.6 Å². The summed E-state index contributed by atoms with van der Waals surface area (Å²) in [5.74, 6) is -0.583. The number of Topliss-reactive ketones (excluding diaryl/α,β-unsaturated/α-hetero) is 1. The van der Waals surface area contributed by atoms with Crippen molar-refractivity contribution in [3.05, 3.63) is 94.5 Å². The molecule has 8 nitrogen and oxygen atoms in total. The van der Waals surface area contributed by atoms with Crippen LogP contribution in [0.3, 0.4) is 0 Å². The summed E-state index contributed by atoms with van der Waals surface area (Å²) in [6.07, 6.45) is 1.17. The average Bonchev–Trinajstić information content (AvgIpc) is 2.84. The Morgan fingerprint density at radius 1 is 1.03 bits per heavy atom. The standard InChI is InChI=1S/C28H28BrN3O5/c1-17(33)18-8-11-20(12-9-18)31-27(36)37-26(21-16-19(29)10-13-24(21)34)28(2,3)15-14-25(35)32-23-7-5-4-6-22(23)30/h4-16,26,34H,30H2,1-3H3,(H,31,36)(H,32,35)/b15-14+/t26-/m0/s1. The largest absolute Gasteiger partial charge is 0.508 e. The minimum Gasteiger partial charge on any atom is -0.508 e. The van der Waals surface area contributed by atoms with Crippen LogP contribution in [0.5, 0.6) is 5.75 Å². The molecule has 9 heteroatoms. The number of hydrogen-bond acceptors (Lipinski definition) is 6. The summed E-state index contributed by atoms with van der Waals surface area (Å²) in [5, 5.41) is 15.9. The Morgan fingerprint density at radius 3 is 2.35 bits per heavy atom. The minimum absolute atomic E-state index is 0.0743. The van der Waals surface area contributed by atoms with Crippen molar-refractivity contribution in [2.75, 3.05) is 16.4 Å². The van der Waals surface area contributed by atoms with Gasteiger partial charge in [0.2, 0.25) is 5.91 Å². The molecular formula is C28H28BrN3O5. The molecule has 0 aliphatic heterocycles. The predicted molar refractivity (Wildman–Crippen MR) is 148 cm³/mol. The number of benzene rings is 3. The third-order valence-corrected chi connectivity index (χ3v) is 6.09. The first-order valence-electron chi connectivity index (χ1n) is 11.4. The van der Waals surface area contributed by atoms with Crippen molar-refractivity contribution in [1.29, 1.82) is 0 Å². The van der Waals surface area contributed by atoms with Crippen molar-refractivity contribution in [2.45, 2.75) is 26.9 Å². The fourth-order valence-electron chi connectivity index (χ4n) is 3.56. The topological polar surface area (TPSA) is 131 Å². The van der Waals surface area contributed by atoms with E-state index in [1.807, 2.05) is 0 Å². The van der Waals surface area contributed by atoms with Gasteiger partial charge in [-0.1, -0.05) is 48.0 Å². The normalized spacial score (nSPS) is 12.1. The fraction of sp³-hybridized carbons (Fsp3) is 0.179. The highest BCUT2D eigenvalue weighted by Crippen LogP contribution is 2.42. The molecule has 0 unspecified atom stereocenters. The van der Waals surface area contributed by atoms with Crippen LogP contribution in [0.4, 0.5) is 21.9 Å². The molecule has 37 heavy (non-hydrogen) atoms. The maximum atomic E-state index is 12.9. The molecule has 0 aliphatic rings. The first-order valence-corrected chi connectivity index (χ1v) is 12.2. The van der Waals surface area contributed by atoms with Crippen molar-refractivity contribution in [3.63, 3.8) is 0 Å². The van der Waals surface area contributed by atoms with Gasteiger partial charge in [-0.3, -0.25) is 14.9 Å². The summed E-state index contributed by atoms with van der Waals surface area (Å²) >= 11 is 3.39. The van der Waals surface area contributed by atoms with Gasteiger partial charge in [0.05, 0.1) is 11.4 Å². The summed E-state index contributed by atoms with van der Waals surface area (Å²) in [6, 6.07) is 18.1. The van der Waals surface area contributed by atoms with Gasteiger partial charge in [0.25, 0.3) is 0 Å². The van der Waals surface area contributed by atoms with E-state index < -0.39 is 23.5 Å². The third-order valence-electron chi connectivity index (χ3n) is 5.59. The monoisotopic (exact) mass is 565 g/mol. The van der Waals surface area contributed by atoms with E-state index in [0.717, 1.165) is 0 Å². The third kappa shape index (κ3) is 7.44. The Bertz CT molecular complexity index is 1340. The number of nitrogens with two attached hydrogens (primary N) is 1. The molecule has 0 fully saturated rings. The van der Waals surface area contributed by atoms with E-state index in [2.05, 4.69) is 26.6 Å². The number of para-hydroxylation sites is 2. The van der Waals surface area contributed by atoms with E-state index >= 15 is 0 Å². The number of hydrogen-bond donors (Lipinski definition) is 4. The molecule has 192 valence electrons. The maximum Gasteiger partial charge on any atom is 0.412 e. The van der Waals surface area contributed by atoms with Gasteiger partial charge in [0, 0.05) is 26.7 Å². The second kappa shape index (κ2) is 11.7. The first kappa shape index (κ1) is 27.5. The molecule has 3 rings (SSSR count). The number of anilines is 3. The molecule has 1 atom stereocenters. The summed E-state index contributed by atoms with van der Waals surface area (Å²) in [6.45, 7) is 5.00. The van der Waals surface area contributed by atoms with Crippen LogP contribution in [0, 0.1) is 5.41 Å². The van der Waals surface area contributed by atoms with Crippen LogP contribution >= 0.6 is 15.9 Å². The number of amides is 2. The van der Waals surface area contributed by atoms with E-state index in [0.29, 0.717) is 32.7 Å². The molecule has 5 N–H and O–H groups in total. The fourth-order valence-corrected chi connectivity index (χ4v) is 3.94. The number of carbonyl (C=O) groups is 3.